The summed E-state index contributed by atoms with van der Waals surface area (Å²) < 4.78 is 7.04. The van der Waals surface area contributed by atoms with Gasteiger partial charge in [-0.15, -0.1) is 16.4 Å². The van der Waals surface area contributed by atoms with Crippen molar-refractivity contribution in [2.45, 2.75) is 0 Å². The predicted octanol–water partition coefficient (Wildman–Crippen LogP) is 2.23. The van der Waals surface area contributed by atoms with Gasteiger partial charge in [0.05, 0.1) is 5.69 Å². The number of hydrazine groups is 1. The van der Waals surface area contributed by atoms with Gasteiger partial charge in [0.25, 0.3) is 11.8 Å². The number of carbonyl (C=O) groups excluding carboxylic acids is 2. The molecule has 2 N–H and O–H groups in total. The Labute approximate surface area is 175 Å². The second-order valence-corrected chi connectivity index (χ2v) is 6.96. The zero-order valence-corrected chi connectivity index (χ0v) is 16.4. The molecule has 2 aromatic heterocycles. The highest BCUT2D eigenvalue weighted by Crippen LogP contribution is 2.29. The minimum atomic E-state index is -0.494. The first-order valence-corrected chi connectivity index (χ1v) is 9.77. The van der Waals surface area contributed by atoms with Crippen LogP contribution in [0.15, 0.2) is 72.4 Å². The maximum Gasteiger partial charge on any atom is 0.281 e. The van der Waals surface area contributed by atoms with Crippen LogP contribution in [0.25, 0.3) is 16.8 Å². The summed E-state index contributed by atoms with van der Waals surface area (Å²) in [6.07, 6.45) is 1.38. The molecule has 0 saturated heterocycles. The summed E-state index contributed by atoms with van der Waals surface area (Å²) in [7, 11) is 0. The van der Waals surface area contributed by atoms with Gasteiger partial charge in [-0.2, -0.15) is 4.68 Å². The number of amides is 2. The average Bonchev–Trinajstić information content (AvgIpc) is 3.48. The third-order valence-corrected chi connectivity index (χ3v) is 4.99. The standard InChI is InChI=1S/C20H16N6O3S/c27-18(12-29-17-9-5-4-8-15(17)14-6-2-1-3-7-14)22-23-20(28)19-16(10-11-30-19)26-13-21-24-25-26/h1-11,13H,12H2,(H,22,27)(H,23,28). The van der Waals surface area contributed by atoms with Crippen molar-refractivity contribution >= 4 is 23.2 Å². The van der Waals surface area contributed by atoms with Crippen molar-refractivity contribution in [1.82, 2.24) is 31.1 Å². The summed E-state index contributed by atoms with van der Waals surface area (Å²) in [5, 5.41) is 12.6. The lowest BCUT2D eigenvalue weighted by molar-refractivity contribution is -0.123. The van der Waals surface area contributed by atoms with Crippen molar-refractivity contribution in [3.05, 3.63) is 77.2 Å². The predicted molar refractivity (Wildman–Crippen MR) is 110 cm³/mol. The second kappa shape index (κ2) is 8.97. The van der Waals surface area contributed by atoms with Crippen LogP contribution in [0, 0.1) is 0 Å². The summed E-state index contributed by atoms with van der Waals surface area (Å²) in [4.78, 5) is 24.9. The van der Waals surface area contributed by atoms with Crippen molar-refractivity contribution in [2.24, 2.45) is 0 Å². The molecule has 0 aliphatic rings. The van der Waals surface area contributed by atoms with E-state index < -0.39 is 11.8 Å². The number of hydrogen-bond acceptors (Lipinski definition) is 7. The number of benzene rings is 2. The Morgan fingerprint density at radius 1 is 1.00 bits per heavy atom. The number of tetrazole rings is 1. The molecule has 0 atom stereocenters. The van der Waals surface area contributed by atoms with Crippen molar-refractivity contribution < 1.29 is 14.3 Å². The zero-order chi connectivity index (χ0) is 20.8. The number of thiophene rings is 1. The molecule has 9 nitrogen and oxygen atoms in total. The van der Waals surface area contributed by atoms with E-state index in [4.69, 9.17) is 4.74 Å². The van der Waals surface area contributed by atoms with E-state index >= 15 is 0 Å². The van der Waals surface area contributed by atoms with E-state index in [-0.39, 0.29) is 6.61 Å². The quantitative estimate of drug-likeness (QED) is 0.463. The Morgan fingerprint density at radius 2 is 1.80 bits per heavy atom. The molecule has 0 aliphatic heterocycles. The number of carbonyl (C=O) groups is 2. The fourth-order valence-electron chi connectivity index (χ4n) is 2.74. The first kappa shape index (κ1) is 19.3. The number of nitrogens with zero attached hydrogens (tertiary/aromatic N) is 4. The molecule has 2 heterocycles. The van der Waals surface area contributed by atoms with E-state index in [2.05, 4.69) is 26.4 Å². The number of aromatic nitrogens is 4. The molecular weight excluding hydrogens is 404 g/mol. The number of nitrogens with one attached hydrogen (secondary N) is 2. The molecule has 2 amide bonds. The van der Waals surface area contributed by atoms with Gasteiger partial charge < -0.3 is 4.74 Å². The third-order valence-electron chi connectivity index (χ3n) is 4.09. The maximum absolute atomic E-state index is 12.4. The van der Waals surface area contributed by atoms with Crippen LogP contribution in [-0.2, 0) is 4.79 Å². The van der Waals surface area contributed by atoms with Crippen LogP contribution in [0.1, 0.15) is 9.67 Å². The van der Waals surface area contributed by atoms with Gasteiger partial charge in [0.2, 0.25) is 0 Å². The van der Waals surface area contributed by atoms with Gasteiger partial charge in [-0.3, -0.25) is 20.4 Å². The number of rotatable bonds is 6. The minimum Gasteiger partial charge on any atom is -0.483 e. The van der Waals surface area contributed by atoms with Crippen LogP contribution in [0.3, 0.4) is 0 Å². The number of hydrogen-bond donors (Lipinski definition) is 2. The monoisotopic (exact) mass is 420 g/mol. The van der Waals surface area contributed by atoms with Crippen LogP contribution >= 0.6 is 11.3 Å². The molecule has 0 bridgehead atoms. The average molecular weight is 420 g/mol. The lowest BCUT2D eigenvalue weighted by Gasteiger charge is -2.12. The molecule has 0 fully saturated rings. The van der Waals surface area contributed by atoms with Gasteiger partial charge >= 0.3 is 0 Å². The maximum atomic E-state index is 12.4. The summed E-state index contributed by atoms with van der Waals surface area (Å²) in [5.74, 6) is -0.398. The van der Waals surface area contributed by atoms with Gasteiger partial charge in [-0.25, -0.2) is 0 Å². The first-order chi connectivity index (χ1) is 14.7. The summed E-state index contributed by atoms with van der Waals surface area (Å²) in [6.45, 7) is -0.256. The minimum absolute atomic E-state index is 0.256. The molecule has 4 rings (SSSR count). The molecular formula is C20H16N6O3S. The van der Waals surface area contributed by atoms with E-state index in [1.54, 1.807) is 17.5 Å². The van der Waals surface area contributed by atoms with Crippen molar-refractivity contribution in [2.75, 3.05) is 6.61 Å². The van der Waals surface area contributed by atoms with Gasteiger partial charge in [0, 0.05) is 5.56 Å². The van der Waals surface area contributed by atoms with Crippen LogP contribution in [0.4, 0.5) is 0 Å². The molecule has 4 aromatic rings. The molecule has 30 heavy (non-hydrogen) atoms. The van der Waals surface area contributed by atoms with Crippen molar-refractivity contribution in [3.8, 4) is 22.6 Å². The lowest BCUT2D eigenvalue weighted by Crippen LogP contribution is -2.43. The second-order valence-electron chi connectivity index (χ2n) is 6.04. The fourth-order valence-corrected chi connectivity index (χ4v) is 3.51. The molecule has 0 aliphatic carbocycles. The Bertz CT molecular complexity index is 1140. The third kappa shape index (κ3) is 4.33. The van der Waals surface area contributed by atoms with Crippen LogP contribution in [0.5, 0.6) is 5.75 Å². The molecule has 10 heteroatoms. The fraction of sp³-hybridized carbons (Fsp3) is 0.0500. The zero-order valence-electron chi connectivity index (χ0n) is 15.6. The highest BCUT2D eigenvalue weighted by Gasteiger charge is 2.16. The normalized spacial score (nSPS) is 10.4. The van der Waals surface area contributed by atoms with Crippen LogP contribution in [-0.4, -0.2) is 38.6 Å². The Kier molecular flexibility index (Phi) is 5.76. The molecule has 0 unspecified atom stereocenters. The lowest BCUT2D eigenvalue weighted by atomic mass is 10.1. The van der Waals surface area contributed by atoms with Crippen LogP contribution in [0.2, 0.25) is 0 Å². The molecule has 0 saturated carbocycles. The number of para-hydroxylation sites is 1. The van der Waals surface area contributed by atoms with Gasteiger partial charge in [-0.1, -0.05) is 48.5 Å². The summed E-state index contributed by atoms with van der Waals surface area (Å²) in [6, 6.07) is 18.9. The molecule has 0 spiro atoms. The SMILES string of the molecule is O=C(COc1ccccc1-c1ccccc1)NNC(=O)c1sccc1-n1cnnn1. The molecule has 2 aromatic carbocycles. The van der Waals surface area contributed by atoms with Crippen LogP contribution < -0.4 is 15.6 Å². The van der Waals surface area contributed by atoms with Crippen molar-refractivity contribution in [3.63, 3.8) is 0 Å². The van der Waals surface area contributed by atoms with Gasteiger partial charge in [0.1, 0.15) is 17.0 Å². The Balaban J connectivity index is 1.35. The highest BCUT2D eigenvalue weighted by atomic mass is 32.1. The largest absolute Gasteiger partial charge is 0.483 e. The molecule has 150 valence electrons. The van der Waals surface area contributed by atoms with Gasteiger partial charge in [0.15, 0.2) is 6.61 Å². The van der Waals surface area contributed by atoms with E-state index in [1.165, 1.54) is 22.3 Å². The summed E-state index contributed by atoms with van der Waals surface area (Å²) >= 11 is 1.21. The van der Waals surface area contributed by atoms with Crippen molar-refractivity contribution in [1.29, 1.82) is 0 Å². The first-order valence-electron chi connectivity index (χ1n) is 8.89. The van der Waals surface area contributed by atoms with E-state index in [9.17, 15) is 9.59 Å². The Morgan fingerprint density at radius 3 is 2.60 bits per heavy atom. The Hall–Kier alpha value is -4.05. The van der Waals surface area contributed by atoms with Gasteiger partial charge in [-0.05, 0) is 33.5 Å². The highest BCUT2D eigenvalue weighted by molar-refractivity contribution is 7.12. The summed E-state index contributed by atoms with van der Waals surface area (Å²) in [5.41, 5.74) is 7.11. The molecule has 0 radical (unpaired) electrons. The number of ether oxygens (including phenoxy) is 1. The van der Waals surface area contributed by atoms with E-state index in [1.807, 2.05) is 48.5 Å². The van der Waals surface area contributed by atoms with E-state index in [0.29, 0.717) is 16.3 Å². The topological polar surface area (TPSA) is 111 Å². The smallest absolute Gasteiger partial charge is 0.281 e. The van der Waals surface area contributed by atoms with E-state index in [0.717, 1.165) is 11.1 Å².